The highest BCUT2D eigenvalue weighted by atomic mass is 35.5. The van der Waals surface area contributed by atoms with Gasteiger partial charge in [-0.25, -0.2) is 0 Å². The van der Waals surface area contributed by atoms with E-state index in [1.807, 2.05) is 32.0 Å². The lowest BCUT2D eigenvalue weighted by molar-refractivity contribution is 0.239. The molecule has 114 valence electrons. The molecule has 1 N–H and O–H groups in total. The van der Waals surface area contributed by atoms with E-state index in [1.54, 1.807) is 0 Å². The molecule has 3 heteroatoms. The Labute approximate surface area is 128 Å². The van der Waals surface area contributed by atoms with Crippen molar-refractivity contribution in [1.82, 2.24) is 5.32 Å². The molecule has 0 aliphatic heterocycles. The third-order valence-electron chi connectivity index (χ3n) is 3.16. The molecule has 0 unspecified atom stereocenters. The summed E-state index contributed by atoms with van der Waals surface area (Å²) < 4.78 is 5.81. The maximum atomic E-state index is 6.07. The third kappa shape index (κ3) is 7.16. The van der Waals surface area contributed by atoms with Crippen molar-refractivity contribution in [2.24, 2.45) is 0 Å². The quantitative estimate of drug-likeness (QED) is 0.600. The first kappa shape index (κ1) is 17.3. The van der Waals surface area contributed by atoms with Crippen LogP contribution in [0.5, 0.6) is 5.75 Å². The number of nitrogens with one attached hydrogen (secondary N) is 1. The Morgan fingerprint density at radius 2 is 1.90 bits per heavy atom. The number of rotatable bonds is 10. The van der Waals surface area contributed by atoms with Gasteiger partial charge in [-0.1, -0.05) is 44.2 Å². The third-order valence-corrected chi connectivity index (χ3v) is 3.39. The van der Waals surface area contributed by atoms with Crippen LogP contribution >= 0.6 is 11.6 Å². The lowest BCUT2D eigenvalue weighted by Crippen LogP contribution is -2.16. The van der Waals surface area contributed by atoms with Gasteiger partial charge in [-0.2, -0.15) is 0 Å². The summed E-state index contributed by atoms with van der Waals surface area (Å²) in [6.07, 6.45) is 6.72. The highest BCUT2D eigenvalue weighted by molar-refractivity contribution is 6.30. The summed E-state index contributed by atoms with van der Waals surface area (Å²) >= 11 is 6.07. The van der Waals surface area contributed by atoms with Gasteiger partial charge in [0.2, 0.25) is 0 Å². The summed E-state index contributed by atoms with van der Waals surface area (Å²) in [6, 6.07) is 5.83. The fourth-order valence-electron chi connectivity index (χ4n) is 2.13. The van der Waals surface area contributed by atoms with Crippen molar-refractivity contribution in [1.29, 1.82) is 0 Å². The maximum Gasteiger partial charge on any atom is 0.124 e. The van der Waals surface area contributed by atoms with Crippen LogP contribution in [-0.2, 0) is 6.54 Å². The smallest absolute Gasteiger partial charge is 0.124 e. The Bertz CT molecular complexity index is 379. The Morgan fingerprint density at radius 3 is 2.60 bits per heavy atom. The number of hydrogen-bond acceptors (Lipinski definition) is 2. The molecule has 0 saturated heterocycles. The molecule has 0 bridgehead atoms. The van der Waals surface area contributed by atoms with Crippen molar-refractivity contribution < 1.29 is 4.74 Å². The van der Waals surface area contributed by atoms with E-state index in [0.717, 1.165) is 29.4 Å². The molecule has 0 saturated carbocycles. The maximum absolute atomic E-state index is 6.07. The molecular formula is C17H28ClNO. The van der Waals surface area contributed by atoms with Gasteiger partial charge in [-0.05, 0) is 45.0 Å². The van der Waals surface area contributed by atoms with Crippen LogP contribution in [0.2, 0.25) is 5.02 Å². The van der Waals surface area contributed by atoms with Gasteiger partial charge in [-0.15, -0.1) is 0 Å². The van der Waals surface area contributed by atoms with Crippen LogP contribution in [0.15, 0.2) is 18.2 Å². The molecular weight excluding hydrogens is 270 g/mol. The number of halogens is 1. The van der Waals surface area contributed by atoms with Gasteiger partial charge < -0.3 is 10.1 Å². The fraction of sp³-hybridized carbons (Fsp3) is 0.647. The second kappa shape index (κ2) is 10.1. The molecule has 0 amide bonds. The largest absolute Gasteiger partial charge is 0.491 e. The van der Waals surface area contributed by atoms with Crippen LogP contribution in [-0.4, -0.2) is 12.6 Å². The molecule has 0 fully saturated rings. The van der Waals surface area contributed by atoms with Gasteiger partial charge in [-0.3, -0.25) is 0 Å². The van der Waals surface area contributed by atoms with Crippen LogP contribution in [0.1, 0.15) is 58.4 Å². The van der Waals surface area contributed by atoms with Crippen LogP contribution in [0.3, 0.4) is 0 Å². The lowest BCUT2D eigenvalue weighted by Gasteiger charge is -2.15. The highest BCUT2D eigenvalue weighted by Crippen LogP contribution is 2.23. The van der Waals surface area contributed by atoms with E-state index < -0.39 is 0 Å². The van der Waals surface area contributed by atoms with Gasteiger partial charge >= 0.3 is 0 Å². The van der Waals surface area contributed by atoms with E-state index in [2.05, 4.69) is 12.2 Å². The Morgan fingerprint density at radius 1 is 1.15 bits per heavy atom. The molecule has 0 heterocycles. The van der Waals surface area contributed by atoms with Crippen molar-refractivity contribution >= 4 is 11.6 Å². The molecule has 0 radical (unpaired) electrons. The minimum absolute atomic E-state index is 0.184. The van der Waals surface area contributed by atoms with Crippen molar-refractivity contribution in [3.8, 4) is 5.75 Å². The Kier molecular flexibility index (Phi) is 8.72. The standard InChI is InChI=1S/C17H28ClNO/c1-4-5-6-7-8-11-19-13-15-12-16(18)9-10-17(15)20-14(2)3/h9-10,12,14,19H,4-8,11,13H2,1-3H3. The summed E-state index contributed by atoms with van der Waals surface area (Å²) in [5, 5.41) is 4.25. The van der Waals surface area contributed by atoms with Crippen LogP contribution in [0.4, 0.5) is 0 Å². The van der Waals surface area contributed by atoms with Gasteiger partial charge in [0, 0.05) is 17.1 Å². The summed E-state index contributed by atoms with van der Waals surface area (Å²) in [4.78, 5) is 0. The van der Waals surface area contributed by atoms with E-state index >= 15 is 0 Å². The number of hydrogen-bond donors (Lipinski definition) is 1. The second-order valence-corrected chi connectivity index (χ2v) is 5.95. The van der Waals surface area contributed by atoms with Crippen molar-refractivity contribution in [3.63, 3.8) is 0 Å². The SMILES string of the molecule is CCCCCCCNCc1cc(Cl)ccc1OC(C)C. The first-order valence-electron chi connectivity index (χ1n) is 7.79. The molecule has 0 aromatic heterocycles. The van der Waals surface area contributed by atoms with E-state index in [-0.39, 0.29) is 6.10 Å². The first-order valence-corrected chi connectivity index (χ1v) is 8.17. The minimum atomic E-state index is 0.184. The highest BCUT2D eigenvalue weighted by Gasteiger charge is 2.06. The minimum Gasteiger partial charge on any atom is -0.491 e. The van der Waals surface area contributed by atoms with Crippen molar-refractivity contribution in [2.45, 2.75) is 65.5 Å². The molecule has 0 aliphatic rings. The predicted molar refractivity (Wildman–Crippen MR) is 87.7 cm³/mol. The topological polar surface area (TPSA) is 21.3 Å². The fourth-order valence-corrected chi connectivity index (χ4v) is 2.33. The first-order chi connectivity index (χ1) is 9.63. The average molecular weight is 298 g/mol. The van der Waals surface area contributed by atoms with Crippen LogP contribution in [0.25, 0.3) is 0 Å². The number of unbranched alkanes of at least 4 members (excludes halogenated alkanes) is 4. The zero-order valence-corrected chi connectivity index (χ0v) is 13.8. The summed E-state index contributed by atoms with van der Waals surface area (Å²) in [5.41, 5.74) is 1.14. The molecule has 20 heavy (non-hydrogen) atoms. The van der Waals surface area contributed by atoms with Gasteiger partial charge in [0.15, 0.2) is 0 Å². The van der Waals surface area contributed by atoms with E-state index in [9.17, 15) is 0 Å². The molecule has 0 spiro atoms. The number of ether oxygens (including phenoxy) is 1. The molecule has 0 aliphatic carbocycles. The second-order valence-electron chi connectivity index (χ2n) is 5.51. The van der Waals surface area contributed by atoms with Gasteiger partial charge in [0.25, 0.3) is 0 Å². The predicted octanol–water partition coefficient (Wildman–Crippen LogP) is 5.19. The molecule has 2 nitrogen and oxygen atoms in total. The number of benzene rings is 1. The molecule has 1 aromatic carbocycles. The Hall–Kier alpha value is -0.730. The lowest BCUT2D eigenvalue weighted by atomic mass is 10.1. The van der Waals surface area contributed by atoms with Crippen LogP contribution in [0, 0.1) is 0 Å². The Balaban J connectivity index is 2.36. The summed E-state index contributed by atoms with van der Waals surface area (Å²) in [5.74, 6) is 0.933. The molecule has 0 atom stereocenters. The van der Waals surface area contributed by atoms with Gasteiger partial charge in [0.1, 0.15) is 5.75 Å². The normalized spacial score (nSPS) is 11.1. The van der Waals surface area contributed by atoms with Crippen molar-refractivity contribution in [2.75, 3.05) is 6.54 Å². The summed E-state index contributed by atoms with van der Waals surface area (Å²) in [6.45, 7) is 8.19. The van der Waals surface area contributed by atoms with Crippen LogP contribution < -0.4 is 10.1 Å². The van der Waals surface area contributed by atoms with E-state index in [4.69, 9.17) is 16.3 Å². The zero-order valence-electron chi connectivity index (χ0n) is 13.0. The van der Waals surface area contributed by atoms with E-state index in [0.29, 0.717) is 0 Å². The summed E-state index contributed by atoms with van der Waals surface area (Å²) in [7, 11) is 0. The molecule has 1 aromatic rings. The average Bonchev–Trinajstić information content (AvgIpc) is 2.40. The zero-order chi connectivity index (χ0) is 14.8. The molecule has 1 rings (SSSR count). The monoisotopic (exact) mass is 297 g/mol. The van der Waals surface area contributed by atoms with Gasteiger partial charge in [0.05, 0.1) is 6.10 Å². The van der Waals surface area contributed by atoms with Crippen molar-refractivity contribution in [3.05, 3.63) is 28.8 Å². The van der Waals surface area contributed by atoms with E-state index in [1.165, 1.54) is 32.1 Å².